The molecule has 0 aromatic carbocycles. The van der Waals surface area contributed by atoms with Crippen molar-refractivity contribution in [3.8, 4) is 0 Å². The van der Waals surface area contributed by atoms with Gasteiger partial charge in [0.05, 0.1) is 5.69 Å². The number of aromatic nitrogens is 1. The molecule has 0 unspecified atom stereocenters. The molecule has 0 spiro atoms. The topological polar surface area (TPSA) is 30.0 Å². The number of allylic oxidation sites excluding steroid dienone is 1. The van der Waals surface area contributed by atoms with Crippen molar-refractivity contribution in [3.05, 3.63) is 35.7 Å². The fourth-order valence-electron chi connectivity index (χ4n) is 0.938. The molecule has 0 aliphatic carbocycles. The van der Waals surface area contributed by atoms with Gasteiger partial charge in [-0.15, -0.1) is 0 Å². The van der Waals surface area contributed by atoms with Crippen molar-refractivity contribution in [2.45, 2.75) is 6.42 Å². The molecule has 68 valence electrons. The number of aldehydes is 1. The maximum Gasteiger partial charge on any atom is 0.152 e. The summed E-state index contributed by atoms with van der Waals surface area (Å²) < 4.78 is 0. The molecule has 0 saturated carbocycles. The van der Waals surface area contributed by atoms with E-state index >= 15 is 0 Å². The Balaban J connectivity index is 2.80. The first-order chi connectivity index (χ1) is 6.38. The molecular formula is C10H11NOS. The summed E-state index contributed by atoms with van der Waals surface area (Å²) in [4.78, 5) is 14.6. The minimum absolute atomic E-state index is 0.623. The number of pyridine rings is 1. The van der Waals surface area contributed by atoms with Gasteiger partial charge in [-0.3, -0.25) is 9.78 Å². The Morgan fingerprint density at radius 2 is 2.38 bits per heavy atom. The van der Waals surface area contributed by atoms with Crippen molar-refractivity contribution in [2.75, 3.05) is 5.75 Å². The van der Waals surface area contributed by atoms with Gasteiger partial charge >= 0.3 is 0 Å². The molecule has 0 radical (unpaired) electrons. The molecule has 0 amide bonds. The van der Waals surface area contributed by atoms with E-state index in [-0.39, 0.29) is 0 Å². The second-order valence-electron chi connectivity index (χ2n) is 2.51. The molecule has 2 nitrogen and oxygen atoms in total. The normalized spacial score (nSPS) is 10.5. The van der Waals surface area contributed by atoms with E-state index in [9.17, 15) is 4.79 Å². The molecule has 1 aromatic heterocycles. The number of carbonyl (C=O) groups excluding carboxylic acids is 1. The first kappa shape index (κ1) is 9.99. The smallest absolute Gasteiger partial charge is 0.152 e. The second-order valence-corrected chi connectivity index (χ2v) is 2.96. The van der Waals surface area contributed by atoms with Gasteiger partial charge in [-0.05, 0) is 30.4 Å². The van der Waals surface area contributed by atoms with Gasteiger partial charge in [-0.25, -0.2) is 0 Å². The number of nitrogens with zero attached hydrogens (tertiary/aromatic N) is 1. The average molecular weight is 193 g/mol. The van der Waals surface area contributed by atoms with Gasteiger partial charge in [0.1, 0.15) is 0 Å². The lowest BCUT2D eigenvalue weighted by Gasteiger charge is -1.95. The quantitative estimate of drug-likeness (QED) is 0.587. The highest BCUT2D eigenvalue weighted by atomic mass is 32.1. The molecular weight excluding hydrogens is 182 g/mol. The van der Waals surface area contributed by atoms with Gasteiger partial charge in [-0.2, -0.15) is 12.6 Å². The fourth-order valence-corrected chi connectivity index (χ4v) is 1.09. The number of carbonyl (C=O) groups is 1. The van der Waals surface area contributed by atoms with Crippen LogP contribution >= 0.6 is 12.6 Å². The van der Waals surface area contributed by atoms with Crippen LogP contribution < -0.4 is 0 Å². The van der Waals surface area contributed by atoms with Crippen LogP contribution in [0.1, 0.15) is 22.5 Å². The molecule has 0 atom stereocenters. The predicted molar refractivity (Wildman–Crippen MR) is 57.1 cm³/mol. The summed E-state index contributed by atoms with van der Waals surface area (Å²) in [5, 5.41) is 0. The van der Waals surface area contributed by atoms with Gasteiger partial charge < -0.3 is 0 Å². The van der Waals surface area contributed by atoms with Crippen molar-refractivity contribution in [1.82, 2.24) is 4.98 Å². The van der Waals surface area contributed by atoms with Gasteiger partial charge in [0.25, 0.3) is 0 Å². The SMILES string of the molecule is O=Cc1cccnc1C=CCCS. The van der Waals surface area contributed by atoms with E-state index in [1.807, 2.05) is 12.2 Å². The van der Waals surface area contributed by atoms with Crippen LogP contribution in [0.3, 0.4) is 0 Å². The summed E-state index contributed by atoms with van der Waals surface area (Å²) in [6.07, 6.45) is 7.18. The van der Waals surface area contributed by atoms with E-state index in [0.717, 1.165) is 24.2 Å². The molecule has 0 aliphatic heterocycles. The fraction of sp³-hybridized carbons (Fsp3) is 0.200. The van der Waals surface area contributed by atoms with E-state index in [2.05, 4.69) is 17.6 Å². The lowest BCUT2D eigenvalue weighted by molar-refractivity contribution is 0.112. The Morgan fingerprint density at radius 3 is 3.08 bits per heavy atom. The lowest BCUT2D eigenvalue weighted by Crippen LogP contribution is -1.88. The van der Waals surface area contributed by atoms with Crippen molar-refractivity contribution in [1.29, 1.82) is 0 Å². The van der Waals surface area contributed by atoms with Gasteiger partial charge in [0.15, 0.2) is 6.29 Å². The van der Waals surface area contributed by atoms with Crippen molar-refractivity contribution >= 4 is 25.0 Å². The third kappa shape index (κ3) is 3.03. The summed E-state index contributed by atoms with van der Waals surface area (Å²) in [6.45, 7) is 0. The summed E-state index contributed by atoms with van der Waals surface area (Å²) in [5.74, 6) is 0.805. The maximum absolute atomic E-state index is 10.6. The number of thiol groups is 1. The van der Waals surface area contributed by atoms with Crippen LogP contribution in [0, 0.1) is 0 Å². The van der Waals surface area contributed by atoms with Crippen LogP contribution in [0.2, 0.25) is 0 Å². The van der Waals surface area contributed by atoms with Crippen molar-refractivity contribution in [2.24, 2.45) is 0 Å². The molecule has 0 N–H and O–H groups in total. The lowest BCUT2D eigenvalue weighted by atomic mass is 10.2. The zero-order chi connectivity index (χ0) is 9.52. The largest absolute Gasteiger partial charge is 0.298 e. The van der Waals surface area contributed by atoms with Crippen LogP contribution in [0.25, 0.3) is 6.08 Å². The van der Waals surface area contributed by atoms with E-state index < -0.39 is 0 Å². The highest BCUT2D eigenvalue weighted by Crippen LogP contribution is 2.04. The van der Waals surface area contributed by atoms with Crippen LogP contribution in [0.4, 0.5) is 0 Å². The minimum atomic E-state index is 0.623. The minimum Gasteiger partial charge on any atom is -0.298 e. The third-order valence-electron chi connectivity index (χ3n) is 1.57. The average Bonchev–Trinajstić information content (AvgIpc) is 2.19. The molecule has 1 rings (SSSR count). The molecule has 0 fully saturated rings. The van der Waals surface area contributed by atoms with E-state index in [0.29, 0.717) is 5.56 Å². The standard InChI is InChI=1S/C10H11NOS/c12-8-9-4-3-6-11-10(9)5-1-2-7-13/h1,3-6,8,13H,2,7H2. The Labute approximate surface area is 83.1 Å². The highest BCUT2D eigenvalue weighted by molar-refractivity contribution is 7.80. The number of rotatable bonds is 4. The summed E-state index contributed by atoms with van der Waals surface area (Å²) >= 11 is 4.07. The van der Waals surface area contributed by atoms with E-state index in [4.69, 9.17) is 0 Å². The summed E-state index contributed by atoms with van der Waals surface area (Å²) in [5.41, 5.74) is 1.34. The Morgan fingerprint density at radius 1 is 1.54 bits per heavy atom. The monoisotopic (exact) mass is 193 g/mol. The van der Waals surface area contributed by atoms with Crippen molar-refractivity contribution in [3.63, 3.8) is 0 Å². The summed E-state index contributed by atoms with van der Waals surface area (Å²) in [6, 6.07) is 3.50. The molecule has 3 heteroatoms. The molecule has 0 bridgehead atoms. The second kappa shape index (κ2) is 5.54. The number of hydrogen-bond acceptors (Lipinski definition) is 3. The summed E-state index contributed by atoms with van der Waals surface area (Å²) in [7, 11) is 0. The molecule has 13 heavy (non-hydrogen) atoms. The van der Waals surface area contributed by atoms with Gasteiger partial charge in [0, 0.05) is 11.8 Å². The van der Waals surface area contributed by atoms with E-state index in [1.165, 1.54) is 0 Å². The zero-order valence-corrected chi connectivity index (χ0v) is 8.08. The molecule has 1 heterocycles. The molecule has 0 saturated heterocycles. The number of hydrogen-bond donors (Lipinski definition) is 1. The van der Waals surface area contributed by atoms with Crippen molar-refractivity contribution < 1.29 is 4.79 Å². The Bertz CT molecular complexity index is 310. The zero-order valence-electron chi connectivity index (χ0n) is 7.18. The highest BCUT2D eigenvalue weighted by Gasteiger charge is 1.95. The van der Waals surface area contributed by atoms with Crippen LogP contribution in [-0.4, -0.2) is 17.0 Å². The first-order valence-corrected chi connectivity index (χ1v) is 4.69. The Kier molecular flexibility index (Phi) is 4.26. The van der Waals surface area contributed by atoms with Gasteiger partial charge in [0.2, 0.25) is 0 Å². The first-order valence-electron chi connectivity index (χ1n) is 4.06. The Hall–Kier alpha value is -1.09. The van der Waals surface area contributed by atoms with E-state index in [1.54, 1.807) is 18.3 Å². The third-order valence-corrected chi connectivity index (χ3v) is 1.83. The molecule has 0 aliphatic rings. The van der Waals surface area contributed by atoms with Crippen LogP contribution in [0.15, 0.2) is 24.4 Å². The predicted octanol–water partition coefficient (Wildman–Crippen LogP) is 2.23. The molecule has 1 aromatic rings. The van der Waals surface area contributed by atoms with Crippen LogP contribution in [-0.2, 0) is 0 Å². The maximum atomic E-state index is 10.6. The van der Waals surface area contributed by atoms with Gasteiger partial charge in [-0.1, -0.05) is 6.08 Å². The van der Waals surface area contributed by atoms with Crippen LogP contribution in [0.5, 0.6) is 0 Å².